The summed E-state index contributed by atoms with van der Waals surface area (Å²) in [4.78, 5) is 28.5. The number of amides is 2. The van der Waals surface area contributed by atoms with Gasteiger partial charge in [-0.05, 0) is 62.8 Å². The van der Waals surface area contributed by atoms with Crippen LogP contribution in [0.15, 0.2) is 24.3 Å². The molecule has 0 saturated carbocycles. The summed E-state index contributed by atoms with van der Waals surface area (Å²) in [5.41, 5.74) is 1.35. The Morgan fingerprint density at radius 1 is 1.10 bits per heavy atom. The fraction of sp³-hybridized carbons (Fsp3) is 0.667. The average molecular weight is 416 g/mol. The quantitative estimate of drug-likeness (QED) is 0.768. The van der Waals surface area contributed by atoms with Crippen LogP contribution in [0.2, 0.25) is 0 Å². The van der Waals surface area contributed by atoms with E-state index in [1.165, 1.54) is 31.7 Å². The molecule has 2 aliphatic rings. The van der Waals surface area contributed by atoms with Crippen LogP contribution in [0, 0.1) is 0 Å². The van der Waals surface area contributed by atoms with Gasteiger partial charge in [0.15, 0.2) is 0 Å². The number of hydrogen-bond donors (Lipinski definition) is 1. The predicted molar refractivity (Wildman–Crippen MR) is 119 cm³/mol. The summed E-state index contributed by atoms with van der Waals surface area (Å²) in [6, 6.07) is 9.08. The molecule has 6 heteroatoms. The van der Waals surface area contributed by atoms with Crippen molar-refractivity contribution in [1.82, 2.24) is 15.1 Å². The van der Waals surface area contributed by atoms with Crippen LogP contribution in [0.4, 0.5) is 0 Å². The third-order valence-electron chi connectivity index (χ3n) is 6.21. The van der Waals surface area contributed by atoms with Gasteiger partial charge in [-0.15, -0.1) is 0 Å². The highest BCUT2D eigenvalue weighted by Gasteiger charge is 2.24. The Morgan fingerprint density at radius 3 is 2.87 bits per heavy atom. The lowest BCUT2D eigenvalue weighted by molar-refractivity contribution is -0.132. The molecule has 2 heterocycles. The van der Waals surface area contributed by atoms with Crippen molar-refractivity contribution in [2.75, 3.05) is 39.3 Å². The van der Waals surface area contributed by atoms with Gasteiger partial charge in [0.2, 0.25) is 11.8 Å². The Bertz CT molecular complexity index is 694. The van der Waals surface area contributed by atoms with Crippen molar-refractivity contribution >= 4 is 11.8 Å². The van der Waals surface area contributed by atoms with Crippen LogP contribution in [0.1, 0.15) is 57.4 Å². The summed E-state index contributed by atoms with van der Waals surface area (Å²) in [7, 11) is 0. The number of aryl methyl sites for hydroxylation is 1. The molecule has 0 spiro atoms. The zero-order chi connectivity index (χ0) is 21.2. The van der Waals surface area contributed by atoms with Crippen molar-refractivity contribution in [3.8, 4) is 5.75 Å². The third kappa shape index (κ3) is 7.31. The van der Waals surface area contributed by atoms with Gasteiger partial charge in [-0.3, -0.25) is 14.5 Å². The molecule has 0 aliphatic carbocycles. The zero-order valence-corrected chi connectivity index (χ0v) is 18.4. The van der Waals surface area contributed by atoms with Crippen molar-refractivity contribution in [3.05, 3.63) is 29.8 Å². The Labute approximate surface area is 180 Å². The molecule has 6 nitrogen and oxygen atoms in total. The molecule has 30 heavy (non-hydrogen) atoms. The molecule has 2 bridgehead atoms. The van der Waals surface area contributed by atoms with Gasteiger partial charge in [0.05, 0.1) is 6.61 Å². The van der Waals surface area contributed by atoms with Gasteiger partial charge in [-0.1, -0.05) is 18.6 Å². The lowest BCUT2D eigenvalue weighted by Gasteiger charge is -2.37. The number of nitrogens with zero attached hydrogens (tertiary/aromatic N) is 2. The molecule has 1 aromatic rings. The number of rotatable bonds is 4. The van der Waals surface area contributed by atoms with Crippen LogP contribution in [-0.4, -0.2) is 67.0 Å². The minimum absolute atomic E-state index is 0.0434. The Balaban J connectivity index is 1.62. The molecule has 1 fully saturated rings. The number of carbonyl (C=O) groups excluding carboxylic acids is 2. The number of nitrogens with one attached hydrogen (secondary N) is 1. The van der Waals surface area contributed by atoms with Crippen molar-refractivity contribution in [1.29, 1.82) is 0 Å². The maximum Gasteiger partial charge on any atom is 0.222 e. The fourth-order valence-electron chi connectivity index (χ4n) is 4.52. The maximum atomic E-state index is 12.8. The van der Waals surface area contributed by atoms with Crippen LogP contribution in [0.25, 0.3) is 0 Å². The smallest absolute Gasteiger partial charge is 0.222 e. The van der Waals surface area contributed by atoms with E-state index in [4.69, 9.17) is 4.74 Å². The van der Waals surface area contributed by atoms with E-state index in [2.05, 4.69) is 28.4 Å². The van der Waals surface area contributed by atoms with E-state index < -0.39 is 0 Å². The summed E-state index contributed by atoms with van der Waals surface area (Å²) in [6.07, 6.45) is 8.03. The summed E-state index contributed by atoms with van der Waals surface area (Å²) in [5.74, 6) is 1.07. The topological polar surface area (TPSA) is 61.9 Å². The van der Waals surface area contributed by atoms with Gasteiger partial charge in [-0.2, -0.15) is 0 Å². The number of carbonyl (C=O) groups is 2. The van der Waals surface area contributed by atoms with E-state index in [1.54, 1.807) is 0 Å². The van der Waals surface area contributed by atoms with Gasteiger partial charge in [0.25, 0.3) is 0 Å². The standard InChI is InChI=1S/C24H37N3O3/c1-20(28)25-13-5-10-24(29)27-15-6-18-30-23-9-4-7-21(19-23)11-12-22-8-2-3-14-26(22)16-17-27/h4,7,9,19,22H,2-3,5-6,8,10-18H2,1H3,(H,25,28). The van der Waals surface area contributed by atoms with Gasteiger partial charge >= 0.3 is 0 Å². The van der Waals surface area contributed by atoms with Gasteiger partial charge < -0.3 is 15.0 Å². The number of fused-ring (bicyclic) bond motifs is 3. The first-order chi connectivity index (χ1) is 14.6. The van der Waals surface area contributed by atoms with Crippen LogP contribution in [-0.2, 0) is 16.0 Å². The van der Waals surface area contributed by atoms with Gasteiger partial charge in [0.1, 0.15) is 5.75 Å². The minimum atomic E-state index is -0.0434. The summed E-state index contributed by atoms with van der Waals surface area (Å²) in [5, 5.41) is 2.77. The summed E-state index contributed by atoms with van der Waals surface area (Å²) in [6.45, 7) is 6.26. The van der Waals surface area contributed by atoms with Crippen molar-refractivity contribution < 1.29 is 14.3 Å². The number of hydrogen-bond acceptors (Lipinski definition) is 4. The second kappa shape index (κ2) is 11.9. The predicted octanol–water partition coefficient (Wildman–Crippen LogP) is 3.00. The van der Waals surface area contributed by atoms with Crippen LogP contribution in [0.5, 0.6) is 5.75 Å². The molecule has 1 saturated heterocycles. The Morgan fingerprint density at radius 2 is 2.00 bits per heavy atom. The molecule has 1 aromatic carbocycles. The largest absolute Gasteiger partial charge is 0.494 e. The second-order valence-corrected chi connectivity index (χ2v) is 8.54. The normalized spacial score (nSPS) is 21.1. The Kier molecular flexibility index (Phi) is 9.00. The third-order valence-corrected chi connectivity index (χ3v) is 6.21. The first-order valence-corrected chi connectivity index (χ1v) is 11.6. The highest BCUT2D eigenvalue weighted by atomic mass is 16.5. The van der Waals surface area contributed by atoms with Crippen molar-refractivity contribution in [3.63, 3.8) is 0 Å². The molecule has 166 valence electrons. The van der Waals surface area contributed by atoms with Crippen LogP contribution < -0.4 is 10.1 Å². The van der Waals surface area contributed by atoms with E-state index in [0.29, 0.717) is 32.0 Å². The van der Waals surface area contributed by atoms with E-state index in [0.717, 1.165) is 51.2 Å². The van der Waals surface area contributed by atoms with Gasteiger partial charge in [0, 0.05) is 45.6 Å². The molecule has 1 atom stereocenters. The number of benzene rings is 1. The first-order valence-electron chi connectivity index (χ1n) is 11.6. The lowest BCUT2D eigenvalue weighted by atomic mass is 9.95. The van der Waals surface area contributed by atoms with Crippen LogP contribution in [0.3, 0.4) is 0 Å². The average Bonchev–Trinajstić information content (AvgIpc) is 2.75. The molecule has 2 amide bonds. The molecular formula is C24H37N3O3. The number of ether oxygens (including phenoxy) is 1. The minimum Gasteiger partial charge on any atom is -0.494 e. The first kappa shape index (κ1) is 22.6. The van der Waals surface area contributed by atoms with Crippen LogP contribution >= 0.6 is 0 Å². The lowest BCUT2D eigenvalue weighted by Crippen LogP contribution is -2.45. The SMILES string of the molecule is CC(=O)NCCCC(=O)N1CCCOc2cccc(c2)CCC2CCCCN2CC1. The maximum absolute atomic E-state index is 12.8. The molecule has 0 radical (unpaired) electrons. The fourth-order valence-corrected chi connectivity index (χ4v) is 4.52. The second-order valence-electron chi connectivity index (χ2n) is 8.54. The van der Waals surface area contributed by atoms with E-state index in [-0.39, 0.29) is 11.8 Å². The summed E-state index contributed by atoms with van der Waals surface area (Å²) < 4.78 is 5.95. The monoisotopic (exact) mass is 415 g/mol. The number of piperidine rings is 1. The summed E-state index contributed by atoms with van der Waals surface area (Å²) >= 11 is 0. The highest BCUT2D eigenvalue weighted by molar-refractivity contribution is 5.76. The molecule has 1 N–H and O–H groups in total. The molecule has 1 unspecified atom stereocenters. The molecular weight excluding hydrogens is 378 g/mol. The van der Waals surface area contributed by atoms with E-state index in [9.17, 15) is 9.59 Å². The highest BCUT2D eigenvalue weighted by Crippen LogP contribution is 2.23. The van der Waals surface area contributed by atoms with E-state index in [1.807, 2.05) is 11.0 Å². The van der Waals surface area contributed by atoms with Crippen molar-refractivity contribution in [2.24, 2.45) is 0 Å². The molecule has 2 aliphatic heterocycles. The zero-order valence-electron chi connectivity index (χ0n) is 18.4. The molecule has 3 rings (SSSR count). The van der Waals surface area contributed by atoms with Crippen molar-refractivity contribution in [2.45, 2.75) is 64.3 Å². The molecule has 0 aromatic heterocycles. The van der Waals surface area contributed by atoms with E-state index >= 15 is 0 Å². The van der Waals surface area contributed by atoms with Gasteiger partial charge in [-0.25, -0.2) is 0 Å². The Hall–Kier alpha value is -2.08.